The lowest BCUT2D eigenvalue weighted by atomic mass is 10.2. The minimum absolute atomic E-state index is 0.302. The average molecular weight is 307 g/mol. The van der Waals surface area contributed by atoms with Crippen molar-refractivity contribution in [3.05, 3.63) is 37.5 Å². The van der Waals surface area contributed by atoms with Gasteiger partial charge in [0.1, 0.15) is 5.01 Å². The molecule has 2 heterocycles. The molecule has 0 saturated carbocycles. The topological polar surface area (TPSA) is 24.9 Å². The van der Waals surface area contributed by atoms with Gasteiger partial charge in [-0.1, -0.05) is 13.8 Å². The van der Waals surface area contributed by atoms with E-state index < -0.39 is 0 Å². The molecule has 1 atom stereocenters. The zero-order valence-corrected chi connectivity index (χ0v) is 13.9. The Morgan fingerprint density at radius 2 is 2.15 bits per heavy atom. The molecule has 0 fully saturated rings. The number of hydrogen-bond donors (Lipinski definition) is 1. The first-order chi connectivity index (χ1) is 9.81. The van der Waals surface area contributed by atoms with Gasteiger partial charge in [0.05, 0.1) is 11.7 Å². The molecule has 0 saturated heterocycles. The van der Waals surface area contributed by atoms with Crippen molar-refractivity contribution < 1.29 is 0 Å². The normalized spacial score (nSPS) is 15.5. The fourth-order valence-corrected chi connectivity index (χ4v) is 5.03. The third-order valence-electron chi connectivity index (χ3n) is 3.77. The number of thiophene rings is 1. The molecular formula is C16H22N2S2. The number of aryl methyl sites for hydroxylation is 3. The fraction of sp³-hybridized carbons (Fsp3) is 0.562. The summed E-state index contributed by atoms with van der Waals surface area (Å²) in [4.78, 5) is 9.33. The average Bonchev–Trinajstić information content (AvgIpc) is 3.14. The number of aromatic nitrogens is 1. The number of hydrogen-bond acceptors (Lipinski definition) is 4. The van der Waals surface area contributed by atoms with E-state index in [0.29, 0.717) is 6.04 Å². The molecule has 4 heteroatoms. The quantitative estimate of drug-likeness (QED) is 0.858. The summed E-state index contributed by atoms with van der Waals surface area (Å²) in [5, 5.41) is 4.96. The van der Waals surface area contributed by atoms with Crippen molar-refractivity contribution >= 4 is 22.7 Å². The van der Waals surface area contributed by atoms with E-state index in [0.717, 1.165) is 19.4 Å². The van der Waals surface area contributed by atoms with E-state index in [9.17, 15) is 0 Å². The SMILES string of the molecule is CCCNC(c1ccc(CC)s1)c1nc2c(s1)CCC2. The summed E-state index contributed by atoms with van der Waals surface area (Å²) in [6.45, 7) is 5.49. The highest BCUT2D eigenvalue weighted by Crippen LogP contribution is 2.35. The Kier molecular flexibility index (Phi) is 4.54. The Labute approximate surface area is 129 Å². The van der Waals surface area contributed by atoms with Crippen LogP contribution < -0.4 is 5.32 Å². The van der Waals surface area contributed by atoms with Crippen molar-refractivity contribution in [1.29, 1.82) is 0 Å². The van der Waals surface area contributed by atoms with Gasteiger partial charge in [0.2, 0.25) is 0 Å². The Balaban J connectivity index is 1.88. The van der Waals surface area contributed by atoms with Crippen LogP contribution in [0.15, 0.2) is 12.1 Å². The molecule has 0 radical (unpaired) electrons. The highest BCUT2D eigenvalue weighted by molar-refractivity contribution is 7.13. The van der Waals surface area contributed by atoms with E-state index >= 15 is 0 Å². The molecule has 1 N–H and O–H groups in total. The molecule has 0 aromatic carbocycles. The van der Waals surface area contributed by atoms with Crippen LogP contribution in [-0.4, -0.2) is 11.5 Å². The Bertz CT molecular complexity index is 549. The molecule has 2 aromatic heterocycles. The van der Waals surface area contributed by atoms with E-state index in [2.05, 4.69) is 31.3 Å². The molecule has 1 unspecified atom stereocenters. The van der Waals surface area contributed by atoms with Gasteiger partial charge in [0.15, 0.2) is 0 Å². The second-order valence-corrected chi connectivity index (χ2v) is 7.64. The van der Waals surface area contributed by atoms with Gasteiger partial charge in [-0.25, -0.2) is 4.98 Å². The third-order valence-corrected chi connectivity index (χ3v) is 6.29. The summed E-state index contributed by atoms with van der Waals surface area (Å²) in [5.41, 5.74) is 1.36. The highest BCUT2D eigenvalue weighted by atomic mass is 32.1. The first-order valence-electron chi connectivity index (χ1n) is 7.62. The van der Waals surface area contributed by atoms with E-state index in [4.69, 9.17) is 4.98 Å². The lowest BCUT2D eigenvalue weighted by molar-refractivity contribution is 0.601. The molecular weight excluding hydrogens is 284 g/mol. The second-order valence-electron chi connectivity index (χ2n) is 5.32. The van der Waals surface area contributed by atoms with Crippen LogP contribution in [0.25, 0.3) is 0 Å². The number of rotatable bonds is 6. The van der Waals surface area contributed by atoms with E-state index in [1.54, 1.807) is 0 Å². The molecule has 0 spiro atoms. The van der Waals surface area contributed by atoms with Crippen LogP contribution in [-0.2, 0) is 19.3 Å². The highest BCUT2D eigenvalue weighted by Gasteiger charge is 2.23. The molecule has 0 aliphatic heterocycles. The first kappa shape index (κ1) is 14.2. The molecule has 0 amide bonds. The van der Waals surface area contributed by atoms with Crippen LogP contribution in [0.3, 0.4) is 0 Å². The lowest BCUT2D eigenvalue weighted by Gasteiger charge is -2.14. The van der Waals surface area contributed by atoms with Gasteiger partial charge in [-0.05, 0) is 50.8 Å². The van der Waals surface area contributed by atoms with Crippen molar-refractivity contribution in [2.24, 2.45) is 0 Å². The van der Waals surface area contributed by atoms with Crippen molar-refractivity contribution in [1.82, 2.24) is 10.3 Å². The van der Waals surface area contributed by atoms with Gasteiger partial charge >= 0.3 is 0 Å². The van der Waals surface area contributed by atoms with Crippen LogP contribution in [0.1, 0.15) is 58.1 Å². The minimum atomic E-state index is 0.302. The van der Waals surface area contributed by atoms with Crippen molar-refractivity contribution in [2.75, 3.05) is 6.54 Å². The predicted octanol–water partition coefficient (Wildman–Crippen LogP) is 4.34. The van der Waals surface area contributed by atoms with E-state index in [-0.39, 0.29) is 0 Å². The standard InChI is InChI=1S/C16H22N2S2/c1-3-10-17-15(14-9-8-11(4-2)19-14)16-18-12-6-5-7-13(12)20-16/h8-9,15,17H,3-7,10H2,1-2H3. The van der Waals surface area contributed by atoms with Crippen LogP contribution in [0.5, 0.6) is 0 Å². The Morgan fingerprint density at radius 1 is 1.25 bits per heavy atom. The molecule has 20 heavy (non-hydrogen) atoms. The summed E-state index contributed by atoms with van der Waals surface area (Å²) < 4.78 is 0. The maximum atomic E-state index is 4.92. The van der Waals surface area contributed by atoms with E-state index in [1.165, 1.54) is 44.6 Å². The molecule has 1 aliphatic carbocycles. The number of nitrogens with one attached hydrogen (secondary N) is 1. The molecule has 2 nitrogen and oxygen atoms in total. The maximum Gasteiger partial charge on any atom is 0.115 e. The summed E-state index contributed by atoms with van der Waals surface area (Å²) in [7, 11) is 0. The predicted molar refractivity (Wildman–Crippen MR) is 88.0 cm³/mol. The second kappa shape index (κ2) is 6.37. The Morgan fingerprint density at radius 3 is 2.85 bits per heavy atom. The van der Waals surface area contributed by atoms with Crippen molar-refractivity contribution in [3.63, 3.8) is 0 Å². The van der Waals surface area contributed by atoms with Crippen LogP contribution in [0.2, 0.25) is 0 Å². The zero-order chi connectivity index (χ0) is 13.9. The van der Waals surface area contributed by atoms with Gasteiger partial charge in [0, 0.05) is 14.6 Å². The van der Waals surface area contributed by atoms with Crippen molar-refractivity contribution in [3.8, 4) is 0 Å². The van der Waals surface area contributed by atoms with E-state index in [1.807, 2.05) is 22.7 Å². The number of thiazole rings is 1. The summed E-state index contributed by atoms with van der Waals surface area (Å²) in [5.74, 6) is 0. The first-order valence-corrected chi connectivity index (χ1v) is 9.25. The van der Waals surface area contributed by atoms with Crippen LogP contribution in [0, 0.1) is 0 Å². The smallest absolute Gasteiger partial charge is 0.115 e. The summed E-state index contributed by atoms with van der Waals surface area (Å²) in [6, 6.07) is 4.85. The molecule has 3 rings (SSSR count). The largest absolute Gasteiger partial charge is 0.304 e. The van der Waals surface area contributed by atoms with Gasteiger partial charge in [0.25, 0.3) is 0 Å². The van der Waals surface area contributed by atoms with Crippen molar-refractivity contribution in [2.45, 2.75) is 52.0 Å². The Hall–Kier alpha value is -0.710. The van der Waals surface area contributed by atoms with Crippen LogP contribution >= 0.6 is 22.7 Å². The molecule has 108 valence electrons. The molecule has 1 aliphatic rings. The van der Waals surface area contributed by atoms with Gasteiger partial charge in [-0.15, -0.1) is 22.7 Å². The van der Waals surface area contributed by atoms with Gasteiger partial charge in [-0.2, -0.15) is 0 Å². The maximum absolute atomic E-state index is 4.92. The molecule has 0 bridgehead atoms. The summed E-state index contributed by atoms with van der Waals surface area (Å²) in [6.07, 6.45) is 5.99. The minimum Gasteiger partial charge on any atom is -0.304 e. The lowest BCUT2D eigenvalue weighted by Crippen LogP contribution is -2.22. The molecule has 2 aromatic rings. The van der Waals surface area contributed by atoms with Gasteiger partial charge < -0.3 is 5.32 Å². The van der Waals surface area contributed by atoms with Gasteiger partial charge in [-0.3, -0.25) is 0 Å². The number of fused-ring (bicyclic) bond motifs is 1. The zero-order valence-electron chi connectivity index (χ0n) is 12.2. The monoisotopic (exact) mass is 306 g/mol. The van der Waals surface area contributed by atoms with Crippen LogP contribution in [0.4, 0.5) is 0 Å². The summed E-state index contributed by atoms with van der Waals surface area (Å²) >= 11 is 3.86. The fourth-order valence-electron chi connectivity index (χ4n) is 2.67. The third kappa shape index (κ3) is 2.83. The number of nitrogens with zero attached hydrogens (tertiary/aromatic N) is 1.